The van der Waals surface area contributed by atoms with Crippen LogP contribution in [0.2, 0.25) is 10.0 Å². The van der Waals surface area contributed by atoms with Crippen molar-refractivity contribution >= 4 is 23.2 Å². The van der Waals surface area contributed by atoms with E-state index in [0.29, 0.717) is 6.04 Å². The quantitative estimate of drug-likeness (QED) is 0.876. The molecule has 21 heavy (non-hydrogen) atoms. The molecule has 2 aliphatic rings. The van der Waals surface area contributed by atoms with Crippen LogP contribution in [-0.2, 0) is 6.54 Å². The highest BCUT2D eigenvalue weighted by Crippen LogP contribution is 2.29. The molecule has 1 atom stereocenters. The second-order valence-corrected chi connectivity index (χ2v) is 7.26. The van der Waals surface area contributed by atoms with Crippen LogP contribution in [0, 0.1) is 0 Å². The van der Waals surface area contributed by atoms with Crippen molar-refractivity contribution in [3.8, 4) is 0 Å². The zero-order valence-electron chi connectivity index (χ0n) is 12.5. The first-order chi connectivity index (χ1) is 10.2. The third kappa shape index (κ3) is 4.13. The summed E-state index contributed by atoms with van der Waals surface area (Å²) in [7, 11) is 0. The monoisotopic (exact) mass is 326 g/mol. The van der Waals surface area contributed by atoms with Crippen LogP contribution < -0.4 is 5.32 Å². The molecule has 3 rings (SSSR count). The second-order valence-electron chi connectivity index (χ2n) is 6.39. The summed E-state index contributed by atoms with van der Waals surface area (Å²) in [6.45, 7) is 3.23. The highest BCUT2D eigenvalue weighted by Gasteiger charge is 2.29. The van der Waals surface area contributed by atoms with Gasteiger partial charge >= 0.3 is 0 Å². The normalized spacial score (nSPS) is 23.9. The molecular weight excluding hydrogens is 303 g/mol. The van der Waals surface area contributed by atoms with Crippen LogP contribution >= 0.6 is 23.2 Å². The molecule has 2 nitrogen and oxygen atoms in total. The van der Waals surface area contributed by atoms with Gasteiger partial charge in [-0.15, -0.1) is 0 Å². The number of rotatable bonds is 4. The van der Waals surface area contributed by atoms with E-state index in [9.17, 15) is 0 Å². The number of hydrogen-bond acceptors (Lipinski definition) is 2. The topological polar surface area (TPSA) is 15.3 Å². The third-order valence-electron chi connectivity index (χ3n) is 4.83. The Morgan fingerprint density at radius 1 is 0.952 bits per heavy atom. The van der Waals surface area contributed by atoms with Crippen LogP contribution in [0.15, 0.2) is 18.2 Å². The Kier molecular flexibility index (Phi) is 5.44. The fourth-order valence-corrected chi connectivity index (χ4v) is 4.38. The maximum atomic E-state index is 6.16. The highest BCUT2D eigenvalue weighted by molar-refractivity contribution is 6.34. The van der Waals surface area contributed by atoms with Gasteiger partial charge in [0.25, 0.3) is 0 Å². The Bertz CT molecular complexity index is 446. The summed E-state index contributed by atoms with van der Waals surface area (Å²) in [5.41, 5.74) is 1.24. The molecule has 4 heteroatoms. The summed E-state index contributed by atoms with van der Waals surface area (Å²) in [5, 5.41) is 4.99. The molecule has 1 saturated heterocycles. The van der Waals surface area contributed by atoms with Crippen LogP contribution in [-0.4, -0.2) is 30.1 Å². The number of nitrogens with zero attached hydrogens (tertiary/aromatic N) is 1. The predicted octanol–water partition coefficient (Wildman–Crippen LogP) is 4.49. The van der Waals surface area contributed by atoms with Gasteiger partial charge in [-0.05, 0) is 49.6 Å². The van der Waals surface area contributed by atoms with Crippen molar-refractivity contribution in [2.24, 2.45) is 0 Å². The van der Waals surface area contributed by atoms with E-state index in [1.807, 2.05) is 6.07 Å². The Hall–Kier alpha value is -0.280. The summed E-state index contributed by atoms with van der Waals surface area (Å²) in [5.74, 6) is 0. The summed E-state index contributed by atoms with van der Waals surface area (Å²) >= 11 is 12.3. The lowest BCUT2D eigenvalue weighted by atomic mass is 9.92. The fraction of sp³-hybridized carbons (Fsp3) is 0.647. The SMILES string of the molecule is Clc1cc(Cl)cc(CN(C2CCCCC2)[C@H]2CCNC2)c1. The van der Waals surface area contributed by atoms with Gasteiger partial charge in [-0.2, -0.15) is 0 Å². The summed E-state index contributed by atoms with van der Waals surface area (Å²) in [6, 6.07) is 7.32. The molecule has 0 radical (unpaired) electrons. The molecule has 1 aliphatic heterocycles. The van der Waals surface area contributed by atoms with Crippen LogP contribution in [0.4, 0.5) is 0 Å². The molecule has 1 N–H and O–H groups in total. The molecule has 0 amide bonds. The van der Waals surface area contributed by atoms with Gasteiger partial charge in [0, 0.05) is 35.2 Å². The molecule has 1 aromatic carbocycles. The number of hydrogen-bond donors (Lipinski definition) is 1. The van der Waals surface area contributed by atoms with E-state index in [-0.39, 0.29) is 0 Å². The van der Waals surface area contributed by atoms with Crippen molar-refractivity contribution in [2.75, 3.05) is 13.1 Å². The zero-order chi connectivity index (χ0) is 14.7. The average Bonchev–Trinajstić information content (AvgIpc) is 2.98. The smallest absolute Gasteiger partial charge is 0.0424 e. The minimum absolute atomic E-state index is 0.658. The molecule has 1 aromatic rings. The Morgan fingerprint density at radius 2 is 1.67 bits per heavy atom. The van der Waals surface area contributed by atoms with Gasteiger partial charge in [0.15, 0.2) is 0 Å². The van der Waals surface area contributed by atoms with Crippen LogP contribution in [0.25, 0.3) is 0 Å². The van der Waals surface area contributed by atoms with E-state index in [4.69, 9.17) is 23.2 Å². The van der Waals surface area contributed by atoms with Crippen molar-refractivity contribution in [1.29, 1.82) is 0 Å². The highest BCUT2D eigenvalue weighted by atomic mass is 35.5. The van der Waals surface area contributed by atoms with Crippen LogP contribution in [0.1, 0.15) is 44.1 Å². The lowest BCUT2D eigenvalue weighted by molar-refractivity contribution is 0.104. The molecule has 1 saturated carbocycles. The Morgan fingerprint density at radius 3 is 2.29 bits per heavy atom. The van der Waals surface area contributed by atoms with Crippen LogP contribution in [0.3, 0.4) is 0 Å². The number of nitrogens with one attached hydrogen (secondary N) is 1. The summed E-state index contributed by atoms with van der Waals surface area (Å²) in [4.78, 5) is 2.71. The van der Waals surface area contributed by atoms with Gasteiger partial charge in [-0.3, -0.25) is 4.90 Å². The molecular formula is C17H24Cl2N2. The standard InChI is InChI=1S/C17H24Cl2N2/c18-14-8-13(9-15(19)10-14)12-21(17-6-7-20-11-17)16-4-2-1-3-5-16/h8-10,16-17,20H,1-7,11-12H2/t17-/m0/s1. The first kappa shape index (κ1) is 15.6. The van der Waals surface area contributed by atoms with E-state index in [0.717, 1.165) is 35.7 Å². The zero-order valence-corrected chi connectivity index (χ0v) is 14.0. The lowest BCUT2D eigenvalue weighted by Crippen LogP contribution is -2.44. The van der Waals surface area contributed by atoms with E-state index < -0.39 is 0 Å². The van der Waals surface area contributed by atoms with Crippen molar-refractivity contribution in [2.45, 2.75) is 57.2 Å². The van der Waals surface area contributed by atoms with Gasteiger partial charge in [-0.25, -0.2) is 0 Å². The minimum atomic E-state index is 0.658. The molecule has 0 bridgehead atoms. The predicted molar refractivity (Wildman–Crippen MR) is 90.2 cm³/mol. The first-order valence-corrected chi connectivity index (χ1v) is 8.89. The Labute approximate surface area is 137 Å². The van der Waals surface area contributed by atoms with Crippen molar-refractivity contribution in [1.82, 2.24) is 10.2 Å². The van der Waals surface area contributed by atoms with E-state index in [1.54, 1.807) is 0 Å². The maximum absolute atomic E-state index is 6.16. The fourth-order valence-electron chi connectivity index (χ4n) is 3.80. The van der Waals surface area contributed by atoms with E-state index >= 15 is 0 Å². The number of benzene rings is 1. The summed E-state index contributed by atoms with van der Waals surface area (Å²) in [6.07, 6.45) is 8.08. The molecule has 0 unspecified atom stereocenters. The largest absolute Gasteiger partial charge is 0.315 e. The van der Waals surface area contributed by atoms with E-state index in [2.05, 4.69) is 22.3 Å². The average molecular weight is 327 g/mol. The van der Waals surface area contributed by atoms with Gasteiger partial charge in [0.2, 0.25) is 0 Å². The van der Waals surface area contributed by atoms with Crippen molar-refractivity contribution in [3.63, 3.8) is 0 Å². The maximum Gasteiger partial charge on any atom is 0.0424 e. The molecule has 1 heterocycles. The minimum Gasteiger partial charge on any atom is -0.315 e. The van der Waals surface area contributed by atoms with E-state index in [1.165, 1.54) is 44.1 Å². The van der Waals surface area contributed by atoms with Gasteiger partial charge < -0.3 is 5.32 Å². The van der Waals surface area contributed by atoms with Crippen molar-refractivity contribution in [3.05, 3.63) is 33.8 Å². The number of halogens is 2. The van der Waals surface area contributed by atoms with Gasteiger partial charge in [-0.1, -0.05) is 42.5 Å². The molecule has 1 aliphatic carbocycles. The van der Waals surface area contributed by atoms with Gasteiger partial charge in [0.1, 0.15) is 0 Å². The van der Waals surface area contributed by atoms with Crippen molar-refractivity contribution < 1.29 is 0 Å². The first-order valence-electron chi connectivity index (χ1n) is 8.14. The molecule has 0 spiro atoms. The van der Waals surface area contributed by atoms with Crippen LogP contribution in [0.5, 0.6) is 0 Å². The third-order valence-corrected chi connectivity index (χ3v) is 5.27. The Balaban J connectivity index is 1.77. The molecule has 0 aromatic heterocycles. The molecule has 116 valence electrons. The summed E-state index contributed by atoms with van der Waals surface area (Å²) < 4.78 is 0. The lowest BCUT2D eigenvalue weighted by Gasteiger charge is -2.38. The second kappa shape index (κ2) is 7.32. The van der Waals surface area contributed by atoms with Gasteiger partial charge in [0.05, 0.1) is 0 Å². The molecule has 2 fully saturated rings.